The zero-order chi connectivity index (χ0) is 15.2. The highest BCUT2D eigenvalue weighted by Crippen LogP contribution is 2.16. The highest BCUT2D eigenvalue weighted by molar-refractivity contribution is 6.02. The Morgan fingerprint density at radius 3 is 2.52 bits per heavy atom. The summed E-state index contributed by atoms with van der Waals surface area (Å²) in [6.07, 6.45) is -0.639. The van der Waals surface area contributed by atoms with Gasteiger partial charge in [0.15, 0.2) is 0 Å². The fourth-order valence-electron chi connectivity index (χ4n) is 1.61. The third-order valence-electron chi connectivity index (χ3n) is 2.56. The van der Waals surface area contributed by atoms with Crippen molar-refractivity contribution in [3.05, 3.63) is 64.3 Å². The second-order valence-corrected chi connectivity index (χ2v) is 3.96. The van der Waals surface area contributed by atoms with Crippen molar-refractivity contribution in [2.75, 3.05) is 0 Å². The lowest BCUT2D eigenvalue weighted by Crippen LogP contribution is -2.36. The van der Waals surface area contributed by atoms with Crippen LogP contribution in [0, 0.1) is 10.1 Å². The molecule has 0 aliphatic rings. The Hall–Kier alpha value is -3.16. The maximum Gasteiger partial charge on any atom is 0.402 e. The van der Waals surface area contributed by atoms with Crippen LogP contribution in [0.15, 0.2) is 53.8 Å². The van der Waals surface area contributed by atoms with Gasteiger partial charge in [0.2, 0.25) is 11.6 Å². The van der Waals surface area contributed by atoms with Crippen LogP contribution >= 0.6 is 0 Å². The molecule has 0 amide bonds. The number of hydrogen-bond donors (Lipinski definition) is 2. The third-order valence-corrected chi connectivity index (χ3v) is 2.56. The van der Waals surface area contributed by atoms with Gasteiger partial charge in [0.05, 0.1) is 11.1 Å². The molecule has 1 aromatic carbocycles. The van der Waals surface area contributed by atoms with E-state index < -0.39 is 11.2 Å². The molecule has 2 N–H and O–H groups in total. The lowest BCUT2D eigenvalue weighted by molar-refractivity contribution is -0.540. The average Bonchev–Trinajstić information content (AvgIpc) is 2.50. The Morgan fingerprint density at radius 1 is 1.29 bits per heavy atom. The molecule has 0 saturated carbocycles. The zero-order valence-corrected chi connectivity index (χ0v) is 10.7. The number of aromatic hydroxyl groups is 1. The molecule has 0 aliphatic heterocycles. The van der Waals surface area contributed by atoms with Crippen LogP contribution in [0.2, 0.25) is 0 Å². The lowest BCUT2D eigenvalue weighted by atomic mass is 10.1. The van der Waals surface area contributed by atoms with Gasteiger partial charge >= 0.3 is 6.23 Å². The normalized spacial score (nSPS) is 12.7. The topological polar surface area (TPSA) is 118 Å². The lowest BCUT2D eigenvalue weighted by Gasteiger charge is -2.12. The maximum atomic E-state index is 11.2. The summed E-state index contributed by atoms with van der Waals surface area (Å²) in [5.74, 6) is -0.175. The molecular formula is C13H11N3O5. The van der Waals surface area contributed by atoms with Crippen molar-refractivity contribution in [3.8, 4) is 11.6 Å². The molecule has 0 fully saturated rings. The molecule has 0 aliphatic carbocycles. The number of nitrogens with zero attached hydrogens (tertiary/aromatic N) is 3. The molecule has 8 nitrogen and oxygen atoms in total. The number of ether oxygens (including phenoxy) is 1. The van der Waals surface area contributed by atoms with Crippen LogP contribution in [-0.2, 0) is 0 Å². The first-order chi connectivity index (χ1) is 10.1. The summed E-state index contributed by atoms with van der Waals surface area (Å²) in [4.78, 5) is 14.1. The number of aromatic nitrogens is 1. The molecule has 108 valence electrons. The van der Waals surface area contributed by atoms with Crippen molar-refractivity contribution in [1.29, 1.82) is 0 Å². The number of benzene rings is 1. The van der Waals surface area contributed by atoms with E-state index in [1.807, 2.05) is 0 Å². The average molecular weight is 289 g/mol. The van der Waals surface area contributed by atoms with Crippen LogP contribution in [0.4, 0.5) is 0 Å². The molecule has 21 heavy (non-hydrogen) atoms. The highest BCUT2D eigenvalue weighted by atomic mass is 16.7. The van der Waals surface area contributed by atoms with Crippen LogP contribution in [0.5, 0.6) is 11.6 Å². The smallest absolute Gasteiger partial charge is 0.402 e. The van der Waals surface area contributed by atoms with E-state index in [9.17, 15) is 10.1 Å². The number of oxime groups is 1. The molecule has 0 saturated heterocycles. The van der Waals surface area contributed by atoms with Crippen LogP contribution in [0.3, 0.4) is 0 Å². The standard InChI is InChI=1S/C13H11N3O5/c17-10-6-7-11(14-8-10)21-13(16(19)20)12(15-18)9-4-2-1-3-5-9/h1-8,13,17-18H. The van der Waals surface area contributed by atoms with Crippen molar-refractivity contribution in [2.24, 2.45) is 5.16 Å². The summed E-state index contributed by atoms with van der Waals surface area (Å²) in [5.41, 5.74) is 0.0935. The van der Waals surface area contributed by atoms with Gasteiger partial charge in [0.1, 0.15) is 5.75 Å². The van der Waals surface area contributed by atoms with Gasteiger partial charge in [-0.15, -0.1) is 0 Å². The van der Waals surface area contributed by atoms with Gasteiger partial charge in [-0.1, -0.05) is 35.5 Å². The van der Waals surface area contributed by atoms with Crippen LogP contribution < -0.4 is 4.74 Å². The minimum absolute atomic E-state index is 0.0772. The van der Waals surface area contributed by atoms with Crippen molar-refractivity contribution in [3.63, 3.8) is 0 Å². The number of nitro groups is 1. The predicted octanol–water partition coefficient (Wildman–Crippen LogP) is 1.65. The maximum absolute atomic E-state index is 11.2. The first-order valence-electron chi connectivity index (χ1n) is 5.84. The Balaban J connectivity index is 2.30. The summed E-state index contributed by atoms with van der Waals surface area (Å²) >= 11 is 0. The molecule has 1 unspecified atom stereocenters. The molecule has 1 aromatic heterocycles. The monoisotopic (exact) mass is 289 g/mol. The van der Waals surface area contributed by atoms with Gasteiger partial charge < -0.3 is 15.1 Å². The van der Waals surface area contributed by atoms with E-state index in [0.29, 0.717) is 5.56 Å². The first-order valence-corrected chi connectivity index (χ1v) is 5.84. The largest absolute Gasteiger partial charge is 0.506 e. The molecule has 2 aromatic rings. The zero-order valence-electron chi connectivity index (χ0n) is 10.7. The summed E-state index contributed by atoms with van der Waals surface area (Å²) in [7, 11) is 0. The Labute approximate surface area is 119 Å². The summed E-state index contributed by atoms with van der Waals surface area (Å²) in [6.45, 7) is 0. The van der Waals surface area contributed by atoms with Crippen LogP contribution in [-0.4, -0.2) is 32.2 Å². The Bertz CT molecular complexity index is 643. The summed E-state index contributed by atoms with van der Waals surface area (Å²) in [6, 6.07) is 10.7. The van der Waals surface area contributed by atoms with Gasteiger partial charge in [-0.3, -0.25) is 10.1 Å². The second kappa shape index (κ2) is 6.33. The van der Waals surface area contributed by atoms with Gasteiger partial charge in [0.25, 0.3) is 0 Å². The van der Waals surface area contributed by atoms with Gasteiger partial charge in [-0.25, -0.2) is 4.98 Å². The minimum Gasteiger partial charge on any atom is -0.506 e. The molecule has 8 heteroatoms. The number of pyridine rings is 1. The van der Waals surface area contributed by atoms with Gasteiger partial charge in [-0.05, 0) is 6.07 Å². The molecule has 1 atom stereocenters. The van der Waals surface area contributed by atoms with E-state index in [1.165, 1.54) is 12.1 Å². The van der Waals surface area contributed by atoms with Crippen molar-refractivity contribution in [2.45, 2.75) is 6.23 Å². The Kier molecular flexibility index (Phi) is 4.30. The van der Waals surface area contributed by atoms with E-state index in [1.54, 1.807) is 30.3 Å². The van der Waals surface area contributed by atoms with Gasteiger partial charge in [0, 0.05) is 11.6 Å². The third kappa shape index (κ3) is 3.44. The highest BCUT2D eigenvalue weighted by Gasteiger charge is 2.32. The summed E-state index contributed by atoms with van der Waals surface area (Å²) in [5, 5.41) is 32.3. The number of hydrogen-bond acceptors (Lipinski definition) is 7. The van der Waals surface area contributed by atoms with E-state index in [-0.39, 0.29) is 17.3 Å². The van der Waals surface area contributed by atoms with Crippen molar-refractivity contribution in [1.82, 2.24) is 4.98 Å². The Morgan fingerprint density at radius 2 is 2.00 bits per heavy atom. The van der Waals surface area contributed by atoms with E-state index in [4.69, 9.17) is 15.1 Å². The molecule has 0 spiro atoms. The summed E-state index contributed by atoms with van der Waals surface area (Å²) < 4.78 is 5.13. The molecular weight excluding hydrogens is 278 g/mol. The van der Waals surface area contributed by atoms with Crippen LogP contribution in [0.25, 0.3) is 0 Å². The quantitative estimate of drug-likeness (QED) is 0.284. The van der Waals surface area contributed by atoms with E-state index in [2.05, 4.69) is 10.1 Å². The minimum atomic E-state index is -1.73. The van der Waals surface area contributed by atoms with Crippen molar-refractivity contribution < 1.29 is 20.0 Å². The van der Waals surface area contributed by atoms with Crippen LogP contribution in [0.1, 0.15) is 5.56 Å². The fourth-order valence-corrected chi connectivity index (χ4v) is 1.61. The molecule has 0 bridgehead atoms. The SMILES string of the molecule is O=[N+]([O-])C(Oc1ccc(O)cn1)C(=NO)c1ccccc1. The molecule has 0 radical (unpaired) electrons. The molecule has 2 rings (SSSR count). The van der Waals surface area contributed by atoms with Gasteiger partial charge in [-0.2, -0.15) is 0 Å². The van der Waals surface area contributed by atoms with E-state index >= 15 is 0 Å². The molecule has 1 heterocycles. The number of rotatable bonds is 5. The van der Waals surface area contributed by atoms with E-state index in [0.717, 1.165) is 6.20 Å². The fraction of sp³-hybridized carbons (Fsp3) is 0.0769. The predicted molar refractivity (Wildman–Crippen MR) is 72.1 cm³/mol. The second-order valence-electron chi connectivity index (χ2n) is 3.96. The first kappa shape index (κ1) is 14.3. The van der Waals surface area contributed by atoms with Crippen molar-refractivity contribution >= 4 is 5.71 Å².